The van der Waals surface area contributed by atoms with E-state index in [4.69, 9.17) is 15.6 Å². The lowest BCUT2D eigenvalue weighted by molar-refractivity contribution is 0.183. The van der Waals surface area contributed by atoms with Crippen LogP contribution in [-0.2, 0) is 11.3 Å². The Morgan fingerprint density at radius 2 is 2.27 bits per heavy atom. The summed E-state index contributed by atoms with van der Waals surface area (Å²) in [7, 11) is 0. The van der Waals surface area contributed by atoms with Crippen molar-refractivity contribution in [1.82, 2.24) is 15.0 Å². The smallest absolute Gasteiger partial charge is 0.108 e. The van der Waals surface area contributed by atoms with E-state index in [0.717, 1.165) is 0 Å². The molecule has 1 aliphatic rings. The Bertz CT molecular complexity index is 296. The standard InChI is InChI=1S/C7H12N4O2.2ClH/c8-6-3-13-4-7(6)11-1-5(2-12)9-10-11;;/h1,6-7,12H,2-4,8H2;2*1H/t6-,7+;;/m1../s1. The average Bonchev–Trinajstić information content (AvgIpc) is 2.71. The van der Waals surface area contributed by atoms with Gasteiger partial charge in [0, 0.05) is 0 Å². The van der Waals surface area contributed by atoms with Crippen LogP contribution in [0.2, 0.25) is 0 Å². The van der Waals surface area contributed by atoms with Gasteiger partial charge in [-0.1, -0.05) is 5.21 Å². The first kappa shape index (κ1) is 14.6. The van der Waals surface area contributed by atoms with Gasteiger partial charge in [0.05, 0.1) is 38.1 Å². The first-order chi connectivity index (χ1) is 6.31. The first-order valence-electron chi connectivity index (χ1n) is 4.16. The number of hydrogen-bond acceptors (Lipinski definition) is 5. The number of nitrogens with zero attached hydrogens (tertiary/aromatic N) is 3. The summed E-state index contributed by atoms with van der Waals surface area (Å²) in [6.07, 6.45) is 1.69. The Balaban J connectivity index is 0.000000980. The van der Waals surface area contributed by atoms with E-state index in [1.807, 2.05) is 0 Å². The van der Waals surface area contributed by atoms with Crippen LogP contribution in [0.5, 0.6) is 0 Å². The van der Waals surface area contributed by atoms with Gasteiger partial charge in [0.2, 0.25) is 0 Å². The molecule has 0 spiro atoms. The van der Waals surface area contributed by atoms with Gasteiger partial charge in [-0.05, 0) is 0 Å². The van der Waals surface area contributed by atoms with E-state index in [1.165, 1.54) is 0 Å². The Labute approximate surface area is 99.6 Å². The summed E-state index contributed by atoms with van der Waals surface area (Å²) < 4.78 is 6.85. The molecular formula is C7H14Cl2N4O2. The molecule has 15 heavy (non-hydrogen) atoms. The molecule has 2 rings (SSSR count). The number of aliphatic hydroxyl groups excluding tert-OH is 1. The van der Waals surface area contributed by atoms with E-state index in [2.05, 4.69) is 10.3 Å². The molecule has 0 bridgehead atoms. The Hall–Kier alpha value is -0.400. The molecule has 1 aromatic rings. The molecule has 2 atom stereocenters. The van der Waals surface area contributed by atoms with Crippen LogP contribution in [0, 0.1) is 0 Å². The van der Waals surface area contributed by atoms with E-state index in [9.17, 15) is 0 Å². The van der Waals surface area contributed by atoms with Gasteiger partial charge in [-0.25, -0.2) is 4.68 Å². The third kappa shape index (κ3) is 3.02. The van der Waals surface area contributed by atoms with Crippen molar-refractivity contribution in [2.75, 3.05) is 13.2 Å². The minimum absolute atomic E-state index is 0. The summed E-state index contributed by atoms with van der Waals surface area (Å²) in [5, 5.41) is 16.4. The molecule has 0 radical (unpaired) electrons. The van der Waals surface area contributed by atoms with Gasteiger partial charge in [0.1, 0.15) is 5.69 Å². The van der Waals surface area contributed by atoms with E-state index in [-0.39, 0.29) is 43.5 Å². The number of halogens is 2. The first-order valence-corrected chi connectivity index (χ1v) is 4.16. The maximum atomic E-state index is 8.78. The fraction of sp³-hybridized carbons (Fsp3) is 0.714. The Morgan fingerprint density at radius 1 is 1.53 bits per heavy atom. The minimum Gasteiger partial charge on any atom is -0.390 e. The quantitative estimate of drug-likeness (QED) is 0.746. The summed E-state index contributed by atoms with van der Waals surface area (Å²) in [6, 6.07) is 0.0149. The zero-order valence-corrected chi connectivity index (χ0v) is 9.58. The van der Waals surface area contributed by atoms with Crippen LogP contribution in [0.25, 0.3) is 0 Å². The largest absolute Gasteiger partial charge is 0.390 e. The summed E-state index contributed by atoms with van der Waals surface area (Å²) in [4.78, 5) is 0. The minimum atomic E-state index is -0.0944. The summed E-state index contributed by atoms with van der Waals surface area (Å²) >= 11 is 0. The van der Waals surface area contributed by atoms with Gasteiger partial charge in [0.25, 0.3) is 0 Å². The van der Waals surface area contributed by atoms with Crippen molar-refractivity contribution >= 4 is 24.8 Å². The third-order valence-corrected chi connectivity index (χ3v) is 2.15. The highest BCUT2D eigenvalue weighted by atomic mass is 35.5. The molecule has 3 N–H and O–H groups in total. The highest BCUT2D eigenvalue weighted by Crippen LogP contribution is 2.16. The molecule has 0 saturated carbocycles. The van der Waals surface area contributed by atoms with E-state index in [1.54, 1.807) is 10.9 Å². The molecule has 1 saturated heterocycles. The second kappa shape index (κ2) is 6.24. The Morgan fingerprint density at radius 3 is 2.73 bits per heavy atom. The van der Waals surface area contributed by atoms with Crippen LogP contribution in [0.15, 0.2) is 6.20 Å². The van der Waals surface area contributed by atoms with Gasteiger partial charge in [-0.15, -0.1) is 29.9 Å². The number of rotatable bonds is 2. The maximum Gasteiger partial charge on any atom is 0.108 e. The van der Waals surface area contributed by atoms with Crippen molar-refractivity contribution < 1.29 is 9.84 Å². The highest BCUT2D eigenvalue weighted by molar-refractivity contribution is 5.85. The molecule has 2 heterocycles. The molecule has 0 unspecified atom stereocenters. The van der Waals surface area contributed by atoms with Gasteiger partial charge >= 0.3 is 0 Å². The molecule has 0 amide bonds. The molecule has 1 aromatic heterocycles. The van der Waals surface area contributed by atoms with Crippen molar-refractivity contribution in [2.45, 2.75) is 18.7 Å². The van der Waals surface area contributed by atoms with Crippen LogP contribution < -0.4 is 5.73 Å². The number of hydrogen-bond donors (Lipinski definition) is 2. The predicted molar refractivity (Wildman–Crippen MR) is 58.3 cm³/mol. The lowest BCUT2D eigenvalue weighted by Gasteiger charge is -2.11. The molecule has 88 valence electrons. The number of ether oxygens (including phenoxy) is 1. The van der Waals surface area contributed by atoms with E-state index >= 15 is 0 Å². The Kier molecular flexibility index (Phi) is 6.07. The fourth-order valence-electron chi connectivity index (χ4n) is 1.38. The van der Waals surface area contributed by atoms with Crippen molar-refractivity contribution in [3.05, 3.63) is 11.9 Å². The normalized spacial score (nSPS) is 24.4. The predicted octanol–water partition coefficient (Wildman–Crippen LogP) is -0.487. The number of nitrogens with two attached hydrogens (primary N) is 1. The van der Waals surface area contributed by atoms with Gasteiger partial charge < -0.3 is 15.6 Å². The van der Waals surface area contributed by atoms with Crippen LogP contribution in [0.1, 0.15) is 11.7 Å². The topological polar surface area (TPSA) is 86.2 Å². The summed E-state index contributed by atoms with van der Waals surface area (Å²) in [5.41, 5.74) is 6.34. The molecule has 0 aliphatic carbocycles. The lowest BCUT2D eigenvalue weighted by Crippen LogP contribution is -2.31. The number of aliphatic hydroxyl groups is 1. The van der Waals surface area contributed by atoms with Gasteiger partial charge in [-0.3, -0.25) is 0 Å². The second-order valence-electron chi connectivity index (χ2n) is 3.12. The van der Waals surface area contributed by atoms with Gasteiger partial charge in [0.15, 0.2) is 0 Å². The zero-order chi connectivity index (χ0) is 9.26. The molecule has 8 heteroatoms. The van der Waals surface area contributed by atoms with Crippen LogP contribution in [0.3, 0.4) is 0 Å². The van der Waals surface area contributed by atoms with Crippen LogP contribution in [0.4, 0.5) is 0 Å². The van der Waals surface area contributed by atoms with Crippen molar-refractivity contribution in [2.24, 2.45) is 5.73 Å². The van der Waals surface area contributed by atoms with Crippen molar-refractivity contribution in [3.63, 3.8) is 0 Å². The van der Waals surface area contributed by atoms with Crippen molar-refractivity contribution in [3.8, 4) is 0 Å². The molecule has 1 fully saturated rings. The zero-order valence-electron chi connectivity index (χ0n) is 7.94. The van der Waals surface area contributed by atoms with Crippen molar-refractivity contribution in [1.29, 1.82) is 0 Å². The maximum absolute atomic E-state index is 8.78. The molecular weight excluding hydrogens is 243 g/mol. The van der Waals surface area contributed by atoms with E-state index in [0.29, 0.717) is 18.9 Å². The summed E-state index contributed by atoms with van der Waals surface area (Å²) in [5.74, 6) is 0. The monoisotopic (exact) mass is 256 g/mol. The van der Waals surface area contributed by atoms with Crippen LogP contribution >= 0.6 is 24.8 Å². The molecule has 1 aliphatic heterocycles. The lowest BCUT2D eigenvalue weighted by atomic mass is 10.2. The third-order valence-electron chi connectivity index (χ3n) is 2.15. The van der Waals surface area contributed by atoms with Gasteiger partial charge in [-0.2, -0.15) is 0 Å². The molecule has 6 nitrogen and oxygen atoms in total. The summed E-state index contributed by atoms with van der Waals surface area (Å²) in [6.45, 7) is 1.02. The fourth-order valence-corrected chi connectivity index (χ4v) is 1.38. The highest BCUT2D eigenvalue weighted by Gasteiger charge is 2.27. The van der Waals surface area contributed by atoms with E-state index < -0.39 is 0 Å². The SMILES string of the molecule is Cl.Cl.N[C@@H]1COC[C@@H]1n1cc(CO)nn1. The average molecular weight is 257 g/mol. The second-order valence-corrected chi connectivity index (χ2v) is 3.12. The number of aromatic nitrogens is 3. The molecule has 0 aromatic carbocycles. The van der Waals surface area contributed by atoms with Crippen LogP contribution in [-0.4, -0.2) is 39.4 Å².